The molecule has 9 heteroatoms. The minimum absolute atomic E-state index is 0.0361. The molecular formula is C29H32N2O5S2. The van der Waals surface area contributed by atoms with Crippen LogP contribution in [0.3, 0.4) is 0 Å². The molecule has 0 aromatic heterocycles. The van der Waals surface area contributed by atoms with Crippen molar-refractivity contribution in [3.63, 3.8) is 0 Å². The summed E-state index contributed by atoms with van der Waals surface area (Å²) in [4.78, 5) is 6.39. The average Bonchev–Trinajstić information content (AvgIpc) is 3.41. The highest BCUT2D eigenvalue weighted by Crippen LogP contribution is 2.49. The van der Waals surface area contributed by atoms with Crippen LogP contribution in [0.15, 0.2) is 65.6 Å². The molecule has 7 nitrogen and oxygen atoms in total. The molecule has 1 unspecified atom stereocenters. The zero-order valence-electron chi connectivity index (χ0n) is 21.8. The van der Waals surface area contributed by atoms with Gasteiger partial charge in [-0.3, -0.25) is 0 Å². The van der Waals surface area contributed by atoms with E-state index in [9.17, 15) is 0 Å². The van der Waals surface area contributed by atoms with E-state index in [2.05, 4.69) is 35.0 Å². The number of para-hydroxylation sites is 1. The molecule has 0 saturated carbocycles. The fourth-order valence-corrected chi connectivity index (χ4v) is 6.08. The van der Waals surface area contributed by atoms with Crippen LogP contribution in [-0.2, 0) is 0 Å². The van der Waals surface area contributed by atoms with Gasteiger partial charge in [0.05, 0.1) is 24.7 Å². The fourth-order valence-electron chi connectivity index (χ4n) is 4.41. The molecule has 2 aliphatic heterocycles. The number of hydrogen-bond acceptors (Lipinski definition) is 8. The number of ether oxygens (including phenoxy) is 5. The number of rotatable bonds is 11. The van der Waals surface area contributed by atoms with Gasteiger partial charge in [-0.05, 0) is 55.9 Å². The Kier molecular flexibility index (Phi) is 8.46. The number of anilines is 1. The van der Waals surface area contributed by atoms with E-state index in [-0.39, 0.29) is 12.0 Å². The van der Waals surface area contributed by atoms with Gasteiger partial charge in [-0.2, -0.15) is 0 Å². The van der Waals surface area contributed by atoms with Gasteiger partial charge < -0.3 is 33.5 Å². The van der Waals surface area contributed by atoms with Crippen LogP contribution in [0, 0.1) is 0 Å². The standard InChI is InChI=1S/C29H32N2O5S2/c1-30(14-16-33-21-10-12-25-26(18-21)36-19-35-25)13-6-15-34-24-11-9-20(32-3)17-22(24)28-29(37)31(2)23-7-4-5-8-27(23)38-28/h4-5,7-12,17-18,28H,6,13-16,19H2,1-3H3. The topological polar surface area (TPSA) is 52.6 Å². The van der Waals surface area contributed by atoms with Crippen molar-refractivity contribution in [2.24, 2.45) is 0 Å². The maximum Gasteiger partial charge on any atom is 0.231 e. The zero-order chi connectivity index (χ0) is 26.5. The van der Waals surface area contributed by atoms with Gasteiger partial charge >= 0.3 is 0 Å². The lowest BCUT2D eigenvalue weighted by Gasteiger charge is -2.34. The van der Waals surface area contributed by atoms with E-state index < -0.39 is 0 Å². The van der Waals surface area contributed by atoms with Crippen molar-refractivity contribution in [2.75, 3.05) is 59.2 Å². The van der Waals surface area contributed by atoms with E-state index in [1.54, 1.807) is 18.9 Å². The van der Waals surface area contributed by atoms with Crippen LogP contribution in [0.25, 0.3) is 0 Å². The Morgan fingerprint density at radius 3 is 2.66 bits per heavy atom. The number of hydrogen-bond donors (Lipinski definition) is 0. The Morgan fingerprint density at radius 2 is 1.79 bits per heavy atom. The first kappa shape index (κ1) is 26.5. The normalized spacial score (nSPS) is 15.9. The molecule has 200 valence electrons. The largest absolute Gasteiger partial charge is 0.497 e. The molecular weight excluding hydrogens is 520 g/mol. The summed E-state index contributed by atoms with van der Waals surface area (Å²) in [5.74, 6) is 3.90. The minimum Gasteiger partial charge on any atom is -0.497 e. The molecule has 0 spiro atoms. The lowest BCUT2D eigenvalue weighted by atomic mass is 10.1. The maximum absolute atomic E-state index is 6.30. The van der Waals surface area contributed by atoms with Crippen molar-refractivity contribution in [3.8, 4) is 28.7 Å². The van der Waals surface area contributed by atoms with Gasteiger partial charge in [0.15, 0.2) is 11.5 Å². The average molecular weight is 553 g/mol. The molecule has 2 heterocycles. The summed E-state index contributed by atoms with van der Waals surface area (Å²) < 4.78 is 28.5. The van der Waals surface area contributed by atoms with Gasteiger partial charge in [0.1, 0.15) is 28.8 Å². The molecule has 3 aromatic carbocycles. The number of likely N-dealkylation sites (N-methyl/N-ethyl adjacent to an activating group) is 2. The number of methoxy groups -OCH3 is 1. The maximum atomic E-state index is 6.30. The van der Waals surface area contributed by atoms with Crippen LogP contribution in [0.1, 0.15) is 17.2 Å². The first-order valence-electron chi connectivity index (χ1n) is 12.6. The van der Waals surface area contributed by atoms with Crippen LogP contribution in [-0.4, -0.2) is 64.2 Å². The third-order valence-corrected chi connectivity index (χ3v) is 8.52. The van der Waals surface area contributed by atoms with Gasteiger partial charge in [-0.15, -0.1) is 11.8 Å². The molecule has 0 bridgehead atoms. The molecule has 0 aliphatic carbocycles. The van der Waals surface area contributed by atoms with Crippen molar-refractivity contribution in [1.82, 2.24) is 4.90 Å². The Bertz CT molecular complexity index is 1290. The quantitative estimate of drug-likeness (QED) is 0.217. The molecule has 0 N–H and O–H groups in total. The Balaban J connectivity index is 1.14. The predicted octanol–water partition coefficient (Wildman–Crippen LogP) is 5.81. The third kappa shape index (κ3) is 5.95. The summed E-state index contributed by atoms with van der Waals surface area (Å²) in [6.07, 6.45) is 0.886. The smallest absolute Gasteiger partial charge is 0.231 e. The molecule has 0 fully saturated rings. The van der Waals surface area contributed by atoms with Crippen LogP contribution in [0.5, 0.6) is 28.7 Å². The minimum atomic E-state index is -0.0361. The first-order chi connectivity index (χ1) is 18.5. The van der Waals surface area contributed by atoms with Crippen molar-refractivity contribution >= 4 is 34.7 Å². The van der Waals surface area contributed by atoms with Crippen LogP contribution in [0.4, 0.5) is 5.69 Å². The molecule has 1 atom stereocenters. The van der Waals surface area contributed by atoms with Crippen molar-refractivity contribution < 1.29 is 23.7 Å². The molecule has 0 saturated heterocycles. The van der Waals surface area contributed by atoms with E-state index in [0.29, 0.717) is 13.2 Å². The third-order valence-electron chi connectivity index (χ3n) is 6.55. The number of benzene rings is 3. The summed E-state index contributed by atoms with van der Waals surface area (Å²) in [5, 5.41) is -0.0361. The second kappa shape index (κ2) is 12.1. The molecule has 3 aromatic rings. The summed E-state index contributed by atoms with van der Waals surface area (Å²) in [6, 6.07) is 20.0. The summed E-state index contributed by atoms with van der Waals surface area (Å²) in [6.45, 7) is 3.15. The molecule has 2 aliphatic rings. The van der Waals surface area contributed by atoms with Gasteiger partial charge in [0, 0.05) is 36.7 Å². The van der Waals surface area contributed by atoms with Gasteiger partial charge in [-0.25, -0.2) is 0 Å². The zero-order valence-corrected chi connectivity index (χ0v) is 23.5. The lowest BCUT2D eigenvalue weighted by Crippen LogP contribution is -2.32. The number of thiocarbonyl (C=S) groups is 1. The number of thioether (sulfide) groups is 1. The molecule has 0 radical (unpaired) electrons. The highest BCUT2D eigenvalue weighted by molar-refractivity contribution is 8.01. The first-order valence-corrected chi connectivity index (χ1v) is 13.9. The van der Waals surface area contributed by atoms with E-state index in [0.717, 1.165) is 64.5 Å². The predicted molar refractivity (Wildman–Crippen MR) is 155 cm³/mol. The lowest BCUT2D eigenvalue weighted by molar-refractivity contribution is 0.173. The van der Waals surface area contributed by atoms with Crippen LogP contribution in [0.2, 0.25) is 0 Å². The summed E-state index contributed by atoms with van der Waals surface area (Å²) in [5.41, 5.74) is 2.17. The van der Waals surface area contributed by atoms with Crippen molar-refractivity contribution in [2.45, 2.75) is 16.6 Å². The van der Waals surface area contributed by atoms with Crippen molar-refractivity contribution in [3.05, 3.63) is 66.2 Å². The van der Waals surface area contributed by atoms with E-state index in [1.165, 1.54) is 4.90 Å². The second-order valence-corrected chi connectivity index (χ2v) is 10.7. The van der Waals surface area contributed by atoms with Crippen molar-refractivity contribution in [1.29, 1.82) is 0 Å². The van der Waals surface area contributed by atoms with E-state index in [1.807, 2.05) is 49.5 Å². The van der Waals surface area contributed by atoms with E-state index >= 15 is 0 Å². The summed E-state index contributed by atoms with van der Waals surface area (Å²) >= 11 is 7.65. The molecule has 5 rings (SSSR count). The Labute approximate surface area is 233 Å². The Morgan fingerprint density at radius 1 is 0.974 bits per heavy atom. The highest BCUT2D eigenvalue weighted by Gasteiger charge is 2.31. The highest BCUT2D eigenvalue weighted by atomic mass is 32.2. The van der Waals surface area contributed by atoms with Gasteiger partial charge in [0.25, 0.3) is 0 Å². The van der Waals surface area contributed by atoms with Gasteiger partial charge in [0.2, 0.25) is 6.79 Å². The van der Waals surface area contributed by atoms with Crippen LogP contribution >= 0.6 is 24.0 Å². The number of nitrogens with zero attached hydrogens (tertiary/aromatic N) is 2. The second-order valence-electron chi connectivity index (χ2n) is 9.14. The fraction of sp³-hybridized carbons (Fsp3) is 0.345. The monoisotopic (exact) mass is 552 g/mol. The SMILES string of the molecule is COc1ccc(OCCCN(C)CCOc2ccc3c(c2)OCO3)c(C2Sc3ccccc3N(C)C2=S)c1. The van der Waals surface area contributed by atoms with Crippen LogP contribution < -0.4 is 28.6 Å². The molecule has 0 amide bonds. The summed E-state index contributed by atoms with van der Waals surface area (Å²) in [7, 11) is 5.80. The van der Waals surface area contributed by atoms with E-state index in [4.69, 9.17) is 35.9 Å². The van der Waals surface area contributed by atoms with Gasteiger partial charge in [-0.1, -0.05) is 24.4 Å². The number of fused-ring (bicyclic) bond motifs is 2. The Hall–Kier alpha value is -3.14. The molecule has 38 heavy (non-hydrogen) atoms.